The maximum Gasteiger partial charge on any atom is 0.309 e. The summed E-state index contributed by atoms with van der Waals surface area (Å²) < 4.78 is 12.5. The lowest BCUT2D eigenvalue weighted by Gasteiger charge is -2.39. The van der Waals surface area contributed by atoms with Crippen molar-refractivity contribution in [3.8, 4) is 0 Å². The summed E-state index contributed by atoms with van der Waals surface area (Å²) in [5.41, 5.74) is -0.195. The Kier molecular flexibility index (Phi) is 4.66. The molecule has 3 nitrogen and oxygen atoms in total. The Labute approximate surface area is 146 Å². The number of carbonyl (C=O) groups is 1. The van der Waals surface area contributed by atoms with Crippen molar-refractivity contribution >= 4 is 5.97 Å². The van der Waals surface area contributed by atoms with Crippen molar-refractivity contribution in [2.24, 2.45) is 23.7 Å². The maximum atomic E-state index is 13.1. The number of fused-ring (bicyclic) bond motifs is 2. The van der Waals surface area contributed by atoms with Crippen LogP contribution >= 0.6 is 0 Å². The van der Waals surface area contributed by atoms with Crippen LogP contribution in [0, 0.1) is 23.7 Å². The van der Waals surface area contributed by atoms with Gasteiger partial charge in [-0.1, -0.05) is 26.7 Å². The molecule has 2 saturated carbocycles. The van der Waals surface area contributed by atoms with Crippen molar-refractivity contribution in [3.63, 3.8) is 0 Å². The van der Waals surface area contributed by atoms with Crippen LogP contribution in [0.3, 0.4) is 0 Å². The Bertz CT molecular complexity index is 468. The van der Waals surface area contributed by atoms with Crippen molar-refractivity contribution in [1.29, 1.82) is 0 Å². The molecule has 4 fully saturated rings. The molecule has 0 aromatic carbocycles. The standard InChI is InChI=1S/C21H34O3/c1-3-14-11-15(4-2)17(12-14)20(22)24-21(9-5-6-10-21)18-13-16-7-8-19(18)23-16/h14-19H,3-13H2,1-2H3. The van der Waals surface area contributed by atoms with Crippen molar-refractivity contribution in [2.75, 3.05) is 0 Å². The third kappa shape index (κ3) is 2.81. The van der Waals surface area contributed by atoms with E-state index in [0.717, 1.165) is 38.0 Å². The normalized spacial score (nSPS) is 43.4. The smallest absolute Gasteiger partial charge is 0.309 e. The van der Waals surface area contributed by atoms with Crippen LogP contribution in [0.4, 0.5) is 0 Å². The first-order valence-electron chi connectivity index (χ1n) is 10.5. The molecule has 0 aromatic heterocycles. The number of hydrogen-bond donors (Lipinski definition) is 0. The van der Waals surface area contributed by atoms with E-state index < -0.39 is 0 Å². The van der Waals surface area contributed by atoms with Crippen LogP contribution in [-0.2, 0) is 14.3 Å². The van der Waals surface area contributed by atoms with E-state index in [0.29, 0.717) is 24.0 Å². The van der Waals surface area contributed by atoms with Crippen LogP contribution in [-0.4, -0.2) is 23.8 Å². The van der Waals surface area contributed by atoms with Crippen molar-refractivity contribution in [1.82, 2.24) is 0 Å². The summed E-state index contributed by atoms with van der Waals surface area (Å²) in [5, 5.41) is 0. The fraction of sp³-hybridized carbons (Fsp3) is 0.952. The van der Waals surface area contributed by atoms with E-state index in [9.17, 15) is 4.79 Å². The predicted octanol–water partition coefficient (Wildman–Crippen LogP) is 4.87. The van der Waals surface area contributed by atoms with Gasteiger partial charge in [0, 0.05) is 5.92 Å². The van der Waals surface area contributed by atoms with E-state index in [1.165, 1.54) is 38.5 Å². The Morgan fingerprint density at radius 2 is 1.88 bits per heavy atom. The highest BCUT2D eigenvalue weighted by Gasteiger charge is 2.55. The number of rotatable bonds is 5. The van der Waals surface area contributed by atoms with Crippen LogP contribution in [0.25, 0.3) is 0 Å². The molecule has 136 valence electrons. The SMILES string of the molecule is CCC1CC(CC)C(C(=O)OC2(C3CC4CCC3O4)CCCC2)C1. The van der Waals surface area contributed by atoms with E-state index in [1.807, 2.05) is 0 Å². The topological polar surface area (TPSA) is 35.5 Å². The quantitative estimate of drug-likeness (QED) is 0.673. The van der Waals surface area contributed by atoms with Gasteiger partial charge in [-0.05, 0) is 69.6 Å². The van der Waals surface area contributed by atoms with E-state index >= 15 is 0 Å². The largest absolute Gasteiger partial charge is 0.458 e. The molecule has 0 N–H and O–H groups in total. The van der Waals surface area contributed by atoms with Crippen molar-refractivity contribution in [3.05, 3.63) is 0 Å². The Hall–Kier alpha value is -0.570. The highest BCUT2D eigenvalue weighted by Crippen LogP contribution is 2.52. The molecule has 3 heteroatoms. The Balaban J connectivity index is 1.48. The maximum absolute atomic E-state index is 13.1. The number of hydrogen-bond acceptors (Lipinski definition) is 3. The second kappa shape index (κ2) is 6.63. The van der Waals surface area contributed by atoms with Gasteiger partial charge < -0.3 is 9.47 Å². The molecule has 2 saturated heterocycles. The molecule has 6 unspecified atom stereocenters. The zero-order valence-electron chi connectivity index (χ0n) is 15.5. The molecule has 2 bridgehead atoms. The lowest BCUT2D eigenvalue weighted by molar-refractivity contribution is -0.174. The number of esters is 1. The van der Waals surface area contributed by atoms with Gasteiger partial charge in [0.2, 0.25) is 0 Å². The van der Waals surface area contributed by atoms with E-state index in [-0.39, 0.29) is 17.5 Å². The van der Waals surface area contributed by atoms with Gasteiger partial charge in [-0.15, -0.1) is 0 Å². The molecule has 0 spiro atoms. The lowest BCUT2D eigenvalue weighted by atomic mass is 9.75. The first-order chi connectivity index (χ1) is 11.6. The molecule has 2 aliphatic carbocycles. The summed E-state index contributed by atoms with van der Waals surface area (Å²) in [4.78, 5) is 13.1. The summed E-state index contributed by atoms with van der Waals surface area (Å²) in [6.07, 6.45) is 13.4. The van der Waals surface area contributed by atoms with Crippen LogP contribution in [0.1, 0.15) is 84.5 Å². The van der Waals surface area contributed by atoms with Crippen molar-refractivity contribution in [2.45, 2.75) is 102 Å². The van der Waals surface area contributed by atoms with Crippen LogP contribution in [0.2, 0.25) is 0 Å². The fourth-order valence-corrected chi connectivity index (χ4v) is 6.30. The zero-order valence-corrected chi connectivity index (χ0v) is 15.5. The third-order valence-electron chi connectivity index (χ3n) is 7.73. The summed E-state index contributed by atoms with van der Waals surface area (Å²) in [6.45, 7) is 4.49. The summed E-state index contributed by atoms with van der Waals surface area (Å²) in [5.74, 6) is 2.00. The summed E-state index contributed by atoms with van der Waals surface area (Å²) >= 11 is 0. The monoisotopic (exact) mass is 334 g/mol. The van der Waals surface area contributed by atoms with Gasteiger partial charge in [-0.3, -0.25) is 4.79 Å². The van der Waals surface area contributed by atoms with Crippen LogP contribution in [0.15, 0.2) is 0 Å². The molecular formula is C21H34O3. The molecule has 4 rings (SSSR count). The third-order valence-corrected chi connectivity index (χ3v) is 7.73. The van der Waals surface area contributed by atoms with Gasteiger partial charge in [-0.25, -0.2) is 0 Å². The second-order valence-electron chi connectivity index (χ2n) is 8.93. The lowest BCUT2D eigenvalue weighted by Crippen LogP contribution is -2.46. The van der Waals surface area contributed by atoms with Crippen LogP contribution < -0.4 is 0 Å². The number of carbonyl (C=O) groups excluding carboxylic acids is 1. The van der Waals surface area contributed by atoms with Crippen molar-refractivity contribution < 1.29 is 14.3 Å². The molecule has 6 atom stereocenters. The fourth-order valence-electron chi connectivity index (χ4n) is 6.30. The molecular weight excluding hydrogens is 300 g/mol. The molecule has 24 heavy (non-hydrogen) atoms. The Morgan fingerprint density at radius 3 is 2.46 bits per heavy atom. The van der Waals surface area contributed by atoms with Gasteiger partial charge in [0.15, 0.2) is 0 Å². The summed E-state index contributed by atoms with van der Waals surface area (Å²) in [6, 6.07) is 0. The van der Waals surface area contributed by atoms with Gasteiger partial charge in [0.1, 0.15) is 5.60 Å². The number of ether oxygens (including phenoxy) is 2. The Morgan fingerprint density at radius 1 is 1.08 bits per heavy atom. The predicted molar refractivity (Wildman–Crippen MR) is 93.6 cm³/mol. The minimum absolute atomic E-state index is 0.127. The molecule has 0 amide bonds. The van der Waals surface area contributed by atoms with Gasteiger partial charge >= 0.3 is 5.97 Å². The molecule has 0 radical (unpaired) electrons. The van der Waals surface area contributed by atoms with Gasteiger partial charge in [0.25, 0.3) is 0 Å². The second-order valence-corrected chi connectivity index (χ2v) is 8.93. The summed E-state index contributed by atoms with van der Waals surface area (Å²) in [7, 11) is 0. The van der Waals surface area contributed by atoms with E-state index in [2.05, 4.69) is 13.8 Å². The first kappa shape index (κ1) is 16.9. The molecule has 2 heterocycles. The van der Waals surface area contributed by atoms with Gasteiger partial charge in [0.05, 0.1) is 18.1 Å². The average molecular weight is 335 g/mol. The zero-order chi connectivity index (χ0) is 16.7. The molecule has 0 aromatic rings. The van der Waals surface area contributed by atoms with Crippen LogP contribution in [0.5, 0.6) is 0 Å². The van der Waals surface area contributed by atoms with E-state index in [4.69, 9.17) is 9.47 Å². The average Bonchev–Trinajstić information content (AvgIpc) is 3.36. The first-order valence-corrected chi connectivity index (χ1v) is 10.5. The highest BCUT2D eigenvalue weighted by molar-refractivity contribution is 5.74. The van der Waals surface area contributed by atoms with E-state index in [1.54, 1.807) is 0 Å². The highest BCUT2D eigenvalue weighted by atomic mass is 16.6. The molecule has 4 aliphatic rings. The van der Waals surface area contributed by atoms with Gasteiger partial charge in [-0.2, -0.15) is 0 Å². The molecule has 2 aliphatic heterocycles. The minimum atomic E-state index is -0.195. The minimum Gasteiger partial charge on any atom is -0.458 e.